The highest BCUT2D eigenvalue weighted by Gasteiger charge is 2.27. The van der Waals surface area contributed by atoms with Gasteiger partial charge in [0.25, 0.3) is 0 Å². The zero-order valence-corrected chi connectivity index (χ0v) is 13.8. The van der Waals surface area contributed by atoms with Gasteiger partial charge in [0.1, 0.15) is 5.82 Å². The summed E-state index contributed by atoms with van der Waals surface area (Å²) in [6.07, 6.45) is 2.42. The monoisotopic (exact) mass is 333 g/mol. The summed E-state index contributed by atoms with van der Waals surface area (Å²) in [4.78, 5) is 27.5. The van der Waals surface area contributed by atoms with Gasteiger partial charge in [-0.3, -0.25) is 19.4 Å². The van der Waals surface area contributed by atoms with E-state index in [1.165, 1.54) is 17.0 Å². The van der Waals surface area contributed by atoms with Crippen LogP contribution < -0.4 is 5.32 Å². The molecule has 2 aliphatic rings. The average Bonchev–Trinajstić information content (AvgIpc) is 2.59. The predicted octanol–water partition coefficient (Wildman–Crippen LogP) is 1.70. The average molecular weight is 333 g/mol. The van der Waals surface area contributed by atoms with Gasteiger partial charge in [-0.1, -0.05) is 12.1 Å². The summed E-state index contributed by atoms with van der Waals surface area (Å²) in [5.74, 6) is -0.306. The summed E-state index contributed by atoms with van der Waals surface area (Å²) in [6, 6.07) is 6.85. The fourth-order valence-electron chi connectivity index (χ4n) is 3.51. The number of nitrogens with one attached hydrogen (secondary N) is 1. The number of carbonyl (C=O) groups excluding carboxylic acids is 2. The van der Waals surface area contributed by atoms with Gasteiger partial charge in [0.15, 0.2) is 0 Å². The van der Waals surface area contributed by atoms with Gasteiger partial charge in [-0.2, -0.15) is 0 Å². The Morgan fingerprint density at radius 2 is 1.79 bits per heavy atom. The zero-order chi connectivity index (χ0) is 16.9. The third-order valence-corrected chi connectivity index (χ3v) is 4.82. The van der Waals surface area contributed by atoms with Gasteiger partial charge in [0.05, 0.1) is 0 Å². The Bertz CT molecular complexity index is 574. The Morgan fingerprint density at radius 3 is 2.50 bits per heavy atom. The normalized spacial score (nSPS) is 22.9. The number of piperazine rings is 1. The molecule has 1 aromatic rings. The minimum absolute atomic E-state index is 0.0401. The van der Waals surface area contributed by atoms with Crippen LogP contribution in [0, 0.1) is 5.82 Å². The van der Waals surface area contributed by atoms with Crippen LogP contribution in [-0.4, -0.2) is 54.3 Å². The van der Waals surface area contributed by atoms with Crippen molar-refractivity contribution in [3.63, 3.8) is 0 Å². The highest BCUT2D eigenvalue weighted by atomic mass is 19.1. The van der Waals surface area contributed by atoms with Gasteiger partial charge in [0.2, 0.25) is 11.8 Å². The maximum absolute atomic E-state index is 13.1. The summed E-state index contributed by atoms with van der Waals surface area (Å²) in [5, 5.41) is 3.38. The number of carbonyl (C=O) groups is 2. The molecule has 2 heterocycles. The predicted molar refractivity (Wildman–Crippen MR) is 88.8 cm³/mol. The quantitative estimate of drug-likeness (QED) is 0.834. The first kappa shape index (κ1) is 17.0. The van der Waals surface area contributed by atoms with E-state index in [1.54, 1.807) is 0 Å². The van der Waals surface area contributed by atoms with Gasteiger partial charge >= 0.3 is 0 Å². The second kappa shape index (κ2) is 7.85. The van der Waals surface area contributed by atoms with Crippen molar-refractivity contribution in [2.75, 3.05) is 32.7 Å². The molecule has 2 saturated heterocycles. The number of amides is 2. The van der Waals surface area contributed by atoms with Crippen molar-refractivity contribution in [2.45, 2.75) is 31.7 Å². The molecule has 0 bridgehead atoms. The largest absolute Gasteiger partial charge is 0.314 e. The summed E-state index contributed by atoms with van der Waals surface area (Å²) in [6.45, 7) is 3.97. The number of rotatable bonds is 5. The summed E-state index contributed by atoms with van der Waals surface area (Å²) < 4.78 is 13.1. The fraction of sp³-hybridized carbons (Fsp3) is 0.556. The lowest BCUT2D eigenvalue weighted by molar-refractivity contribution is -0.148. The van der Waals surface area contributed by atoms with Crippen molar-refractivity contribution in [1.29, 1.82) is 0 Å². The second-order valence-electron chi connectivity index (χ2n) is 6.45. The van der Waals surface area contributed by atoms with E-state index in [-0.39, 0.29) is 23.7 Å². The highest BCUT2D eigenvalue weighted by Crippen LogP contribution is 2.23. The number of hydrogen-bond acceptors (Lipinski definition) is 4. The molecule has 130 valence electrons. The van der Waals surface area contributed by atoms with E-state index in [2.05, 4.69) is 10.2 Å². The molecule has 2 aliphatic heterocycles. The van der Waals surface area contributed by atoms with Gasteiger partial charge < -0.3 is 5.32 Å². The minimum atomic E-state index is -0.226. The molecule has 5 nitrogen and oxygen atoms in total. The smallest absolute Gasteiger partial charge is 0.229 e. The van der Waals surface area contributed by atoms with Crippen molar-refractivity contribution in [3.05, 3.63) is 35.6 Å². The van der Waals surface area contributed by atoms with Gasteiger partial charge in [0, 0.05) is 51.6 Å². The van der Waals surface area contributed by atoms with Gasteiger partial charge in [-0.05, 0) is 30.5 Å². The summed E-state index contributed by atoms with van der Waals surface area (Å²) in [7, 11) is 0. The van der Waals surface area contributed by atoms with Crippen molar-refractivity contribution < 1.29 is 14.0 Å². The van der Waals surface area contributed by atoms with E-state index in [4.69, 9.17) is 0 Å². The number of benzene rings is 1. The molecule has 2 fully saturated rings. The summed E-state index contributed by atoms with van der Waals surface area (Å²) >= 11 is 0. The molecule has 1 N–H and O–H groups in total. The maximum atomic E-state index is 13.1. The van der Waals surface area contributed by atoms with Crippen molar-refractivity contribution in [3.8, 4) is 0 Å². The standard InChI is InChI=1S/C18H24FN3O2/c19-15-7-5-14(6-8-15)16-13-20-9-12-21(16)10-2-11-22-17(23)3-1-4-18(22)24/h5-8,16,20H,1-4,9-13H2. The van der Waals surface area contributed by atoms with E-state index >= 15 is 0 Å². The number of piperidine rings is 1. The third-order valence-electron chi connectivity index (χ3n) is 4.82. The number of imide groups is 1. The van der Waals surface area contributed by atoms with E-state index in [0.29, 0.717) is 25.8 Å². The molecule has 0 aromatic heterocycles. The zero-order valence-electron chi connectivity index (χ0n) is 13.8. The van der Waals surface area contributed by atoms with E-state index in [1.807, 2.05) is 12.1 Å². The molecule has 1 unspecified atom stereocenters. The lowest BCUT2D eigenvalue weighted by Gasteiger charge is -2.37. The minimum Gasteiger partial charge on any atom is -0.314 e. The van der Waals surface area contributed by atoms with Crippen molar-refractivity contribution in [1.82, 2.24) is 15.1 Å². The van der Waals surface area contributed by atoms with Crippen LogP contribution in [0.15, 0.2) is 24.3 Å². The van der Waals surface area contributed by atoms with Crippen molar-refractivity contribution in [2.24, 2.45) is 0 Å². The molecule has 2 amide bonds. The molecule has 6 heteroatoms. The van der Waals surface area contributed by atoms with Crippen LogP contribution in [-0.2, 0) is 9.59 Å². The number of halogens is 1. The fourth-order valence-corrected chi connectivity index (χ4v) is 3.51. The Balaban J connectivity index is 1.57. The van der Waals surface area contributed by atoms with Crippen LogP contribution >= 0.6 is 0 Å². The molecule has 1 atom stereocenters. The molecule has 0 radical (unpaired) electrons. The van der Waals surface area contributed by atoms with E-state index in [0.717, 1.165) is 38.2 Å². The number of hydrogen-bond donors (Lipinski definition) is 1. The Hall–Kier alpha value is -1.79. The molecular weight excluding hydrogens is 309 g/mol. The molecule has 3 rings (SSSR count). The van der Waals surface area contributed by atoms with Crippen LogP contribution in [0.5, 0.6) is 0 Å². The van der Waals surface area contributed by atoms with E-state index in [9.17, 15) is 14.0 Å². The Labute approximate surface area is 141 Å². The molecule has 0 aliphatic carbocycles. The van der Waals surface area contributed by atoms with E-state index < -0.39 is 0 Å². The first-order chi connectivity index (χ1) is 11.6. The first-order valence-corrected chi connectivity index (χ1v) is 8.68. The third kappa shape index (κ3) is 3.99. The highest BCUT2D eigenvalue weighted by molar-refractivity contribution is 5.97. The van der Waals surface area contributed by atoms with Crippen LogP contribution in [0.25, 0.3) is 0 Å². The van der Waals surface area contributed by atoms with Gasteiger partial charge in [-0.15, -0.1) is 0 Å². The second-order valence-corrected chi connectivity index (χ2v) is 6.45. The van der Waals surface area contributed by atoms with Gasteiger partial charge in [-0.25, -0.2) is 4.39 Å². The number of nitrogens with zero attached hydrogens (tertiary/aromatic N) is 2. The Morgan fingerprint density at radius 1 is 1.08 bits per heavy atom. The number of likely N-dealkylation sites (tertiary alicyclic amines) is 1. The maximum Gasteiger partial charge on any atom is 0.229 e. The van der Waals surface area contributed by atoms with Crippen LogP contribution in [0.3, 0.4) is 0 Å². The molecule has 0 saturated carbocycles. The topological polar surface area (TPSA) is 52.7 Å². The SMILES string of the molecule is O=C1CCCC(=O)N1CCCN1CCNCC1c1ccc(F)cc1. The Kier molecular flexibility index (Phi) is 5.58. The lowest BCUT2D eigenvalue weighted by atomic mass is 10.0. The van der Waals surface area contributed by atoms with Crippen LogP contribution in [0.1, 0.15) is 37.3 Å². The first-order valence-electron chi connectivity index (χ1n) is 8.68. The molecular formula is C18H24FN3O2. The summed E-state index contributed by atoms with van der Waals surface area (Å²) in [5.41, 5.74) is 1.09. The van der Waals surface area contributed by atoms with Crippen LogP contribution in [0.2, 0.25) is 0 Å². The van der Waals surface area contributed by atoms with Crippen molar-refractivity contribution >= 4 is 11.8 Å². The van der Waals surface area contributed by atoms with Crippen LogP contribution in [0.4, 0.5) is 4.39 Å². The lowest BCUT2D eigenvalue weighted by Crippen LogP contribution is -2.47. The molecule has 0 spiro atoms. The molecule has 1 aromatic carbocycles. The molecule has 24 heavy (non-hydrogen) atoms.